The number of nitrogens with zero attached hydrogens (tertiary/aromatic N) is 3. The first-order chi connectivity index (χ1) is 7.88. The van der Waals surface area contributed by atoms with Gasteiger partial charge in [-0.1, -0.05) is 0 Å². The van der Waals surface area contributed by atoms with E-state index in [0.717, 1.165) is 5.56 Å². The van der Waals surface area contributed by atoms with Crippen LogP contribution in [0.2, 0.25) is 0 Å². The lowest BCUT2D eigenvalue weighted by molar-refractivity contribution is -0.117. The number of carbonyl (C=O) groups is 1. The first-order valence-corrected chi connectivity index (χ1v) is 6.59. The number of sulfonamides is 1. The van der Waals surface area contributed by atoms with Gasteiger partial charge in [0.25, 0.3) is 0 Å². The molecule has 0 radical (unpaired) electrons. The monoisotopic (exact) mass is 256 g/mol. The van der Waals surface area contributed by atoms with Crippen molar-refractivity contribution in [3.8, 4) is 0 Å². The van der Waals surface area contributed by atoms with E-state index in [0.29, 0.717) is 0 Å². The van der Waals surface area contributed by atoms with Crippen LogP contribution in [0.5, 0.6) is 0 Å². The molecule has 7 nitrogen and oxygen atoms in total. The quantitative estimate of drug-likeness (QED) is 0.744. The third kappa shape index (κ3) is 2.42. The van der Waals surface area contributed by atoms with Crippen molar-refractivity contribution in [1.29, 1.82) is 0 Å². The lowest BCUT2D eigenvalue weighted by Crippen LogP contribution is -2.32. The lowest BCUT2D eigenvalue weighted by Gasteiger charge is -2.13. The number of anilines is 1. The van der Waals surface area contributed by atoms with Crippen LogP contribution in [-0.2, 0) is 14.8 Å². The molecule has 1 aromatic rings. The van der Waals surface area contributed by atoms with Crippen LogP contribution in [0.3, 0.4) is 0 Å². The minimum absolute atomic E-state index is 0.0146. The highest BCUT2D eigenvalue weighted by atomic mass is 32.2. The number of nitrogens with two attached hydrogens (primary N) is 1. The Hall–Kier alpha value is -1.54. The van der Waals surface area contributed by atoms with Crippen LogP contribution in [0.4, 0.5) is 5.95 Å². The summed E-state index contributed by atoms with van der Waals surface area (Å²) >= 11 is 0. The van der Waals surface area contributed by atoms with Crippen molar-refractivity contribution in [2.45, 2.75) is 18.6 Å². The van der Waals surface area contributed by atoms with Crippen molar-refractivity contribution in [2.24, 2.45) is 5.14 Å². The number of primary sulfonamides is 1. The molecule has 92 valence electrons. The normalized spacial score (nSPS) is 20.9. The molecule has 0 saturated carbocycles. The molecule has 0 bridgehead atoms. The molecule has 8 heteroatoms. The second-order valence-electron chi connectivity index (χ2n) is 3.98. The summed E-state index contributed by atoms with van der Waals surface area (Å²) in [5.41, 5.74) is 0.864. The highest BCUT2D eigenvalue weighted by molar-refractivity contribution is 7.89. The Morgan fingerprint density at radius 2 is 2.00 bits per heavy atom. The van der Waals surface area contributed by atoms with Gasteiger partial charge >= 0.3 is 0 Å². The average molecular weight is 256 g/mol. The van der Waals surface area contributed by atoms with E-state index < -0.39 is 15.3 Å². The van der Waals surface area contributed by atoms with Gasteiger partial charge in [0.1, 0.15) is 5.25 Å². The number of amides is 1. The van der Waals surface area contributed by atoms with Crippen LogP contribution in [0.1, 0.15) is 12.0 Å². The van der Waals surface area contributed by atoms with Crippen molar-refractivity contribution >= 4 is 21.9 Å². The molecule has 2 rings (SSSR count). The van der Waals surface area contributed by atoms with Crippen molar-refractivity contribution in [3.63, 3.8) is 0 Å². The number of aromatic nitrogens is 2. The van der Waals surface area contributed by atoms with E-state index >= 15 is 0 Å². The van der Waals surface area contributed by atoms with E-state index in [1.807, 2.05) is 6.92 Å². The Balaban J connectivity index is 2.24. The summed E-state index contributed by atoms with van der Waals surface area (Å²) in [5, 5.41) is 4.14. The topological polar surface area (TPSA) is 106 Å². The summed E-state index contributed by atoms with van der Waals surface area (Å²) in [6.07, 6.45) is 3.02. The number of carbonyl (C=O) groups excluding carboxylic acids is 1. The zero-order valence-electron chi connectivity index (χ0n) is 9.20. The summed E-state index contributed by atoms with van der Waals surface area (Å²) in [6, 6.07) is 0. The standard InChI is InChI=1S/C9H12N4O3S/c1-6-3-11-9(12-4-6)13-5-7(2-8(13)14)17(10,15)16/h3-4,7H,2,5H2,1H3,(H2,10,15,16). The summed E-state index contributed by atoms with van der Waals surface area (Å²) in [5.74, 6) is -0.111. The summed E-state index contributed by atoms with van der Waals surface area (Å²) < 4.78 is 22.3. The van der Waals surface area contributed by atoms with Gasteiger partial charge in [-0.2, -0.15) is 0 Å². The van der Waals surface area contributed by atoms with Crippen LogP contribution in [0.25, 0.3) is 0 Å². The zero-order chi connectivity index (χ0) is 12.6. The van der Waals surface area contributed by atoms with Crippen molar-refractivity contribution < 1.29 is 13.2 Å². The largest absolute Gasteiger partial charge is 0.279 e. The second kappa shape index (κ2) is 4.04. The SMILES string of the molecule is Cc1cnc(N2CC(S(N)(=O)=O)CC2=O)nc1. The molecule has 1 atom stereocenters. The molecule has 1 aliphatic rings. The predicted molar refractivity (Wildman–Crippen MR) is 60.6 cm³/mol. The fourth-order valence-corrected chi connectivity index (χ4v) is 2.35. The molecule has 2 heterocycles. The van der Waals surface area contributed by atoms with Gasteiger partial charge in [0.05, 0.1) is 0 Å². The van der Waals surface area contributed by atoms with Crippen molar-refractivity contribution in [2.75, 3.05) is 11.4 Å². The van der Waals surface area contributed by atoms with Crippen LogP contribution in [0.15, 0.2) is 12.4 Å². The van der Waals surface area contributed by atoms with E-state index in [4.69, 9.17) is 5.14 Å². The molecule has 0 aliphatic carbocycles. The Kier molecular flexibility index (Phi) is 2.84. The lowest BCUT2D eigenvalue weighted by atomic mass is 10.4. The maximum atomic E-state index is 11.6. The molecule has 1 saturated heterocycles. The van der Waals surface area contributed by atoms with E-state index in [2.05, 4.69) is 9.97 Å². The van der Waals surface area contributed by atoms with Crippen LogP contribution >= 0.6 is 0 Å². The molecule has 1 amide bonds. The number of hydrogen-bond acceptors (Lipinski definition) is 5. The summed E-state index contributed by atoms with van der Waals surface area (Å²) in [6.45, 7) is 1.84. The molecular formula is C9H12N4O3S. The van der Waals surface area contributed by atoms with Gasteiger partial charge in [0.15, 0.2) is 0 Å². The Morgan fingerprint density at radius 1 is 1.41 bits per heavy atom. The molecule has 17 heavy (non-hydrogen) atoms. The smallest absolute Gasteiger partial charge is 0.232 e. The van der Waals surface area contributed by atoms with Crippen LogP contribution < -0.4 is 10.0 Å². The third-order valence-electron chi connectivity index (χ3n) is 2.56. The maximum Gasteiger partial charge on any atom is 0.232 e. The highest BCUT2D eigenvalue weighted by Gasteiger charge is 2.38. The molecule has 1 unspecified atom stereocenters. The molecule has 1 aromatic heterocycles. The second-order valence-corrected chi connectivity index (χ2v) is 5.82. The first kappa shape index (κ1) is 11.9. The van der Waals surface area contributed by atoms with Gasteiger partial charge in [0, 0.05) is 25.4 Å². The van der Waals surface area contributed by atoms with Crippen molar-refractivity contribution in [3.05, 3.63) is 18.0 Å². The molecular weight excluding hydrogens is 244 g/mol. The maximum absolute atomic E-state index is 11.6. The number of hydrogen-bond donors (Lipinski definition) is 1. The Morgan fingerprint density at radius 3 is 2.47 bits per heavy atom. The zero-order valence-corrected chi connectivity index (χ0v) is 10.0. The summed E-state index contributed by atoms with van der Waals surface area (Å²) in [7, 11) is -3.70. The van der Waals surface area contributed by atoms with E-state index in [-0.39, 0.29) is 24.8 Å². The molecule has 0 aromatic carbocycles. The van der Waals surface area contributed by atoms with Gasteiger partial charge in [-0.3, -0.25) is 9.69 Å². The molecule has 2 N–H and O–H groups in total. The summed E-state index contributed by atoms with van der Waals surface area (Å²) in [4.78, 5) is 20.9. The number of aryl methyl sites for hydroxylation is 1. The van der Waals surface area contributed by atoms with E-state index in [9.17, 15) is 13.2 Å². The van der Waals surface area contributed by atoms with Crippen LogP contribution in [-0.4, -0.2) is 36.1 Å². The first-order valence-electron chi connectivity index (χ1n) is 4.98. The highest BCUT2D eigenvalue weighted by Crippen LogP contribution is 2.20. The minimum Gasteiger partial charge on any atom is -0.279 e. The van der Waals surface area contributed by atoms with Gasteiger partial charge < -0.3 is 0 Å². The number of rotatable bonds is 2. The van der Waals surface area contributed by atoms with E-state index in [1.165, 1.54) is 4.90 Å². The third-order valence-corrected chi connectivity index (χ3v) is 3.81. The molecule has 1 aliphatic heterocycles. The van der Waals surface area contributed by atoms with E-state index in [1.54, 1.807) is 12.4 Å². The fourth-order valence-electron chi connectivity index (χ4n) is 1.61. The van der Waals surface area contributed by atoms with Crippen molar-refractivity contribution in [1.82, 2.24) is 9.97 Å². The van der Waals surface area contributed by atoms with Crippen LogP contribution in [0, 0.1) is 6.92 Å². The average Bonchev–Trinajstić information content (AvgIpc) is 2.61. The Labute approximate surface area is 98.7 Å². The molecule has 0 spiro atoms. The van der Waals surface area contributed by atoms with Gasteiger partial charge in [-0.05, 0) is 12.5 Å². The minimum atomic E-state index is -3.70. The Bertz CT molecular complexity index is 540. The van der Waals surface area contributed by atoms with Gasteiger partial charge in [-0.15, -0.1) is 0 Å². The van der Waals surface area contributed by atoms with Gasteiger partial charge in [0.2, 0.25) is 21.9 Å². The van der Waals surface area contributed by atoms with Gasteiger partial charge in [-0.25, -0.2) is 23.5 Å². The molecule has 1 fully saturated rings. The fraction of sp³-hybridized carbons (Fsp3) is 0.444. The predicted octanol–water partition coefficient (Wildman–Crippen LogP) is -0.821.